The van der Waals surface area contributed by atoms with Crippen LogP contribution in [0.3, 0.4) is 0 Å². The summed E-state index contributed by atoms with van der Waals surface area (Å²) in [7, 11) is 3.30. The highest BCUT2D eigenvalue weighted by Crippen LogP contribution is 2.34. The quantitative estimate of drug-likeness (QED) is 0.772. The normalized spacial score (nSPS) is 10.6. The summed E-state index contributed by atoms with van der Waals surface area (Å²) in [5.74, 6) is 2.43. The minimum absolute atomic E-state index is 0.178. The van der Waals surface area contributed by atoms with Crippen LogP contribution in [0.4, 0.5) is 0 Å². The van der Waals surface area contributed by atoms with Gasteiger partial charge in [-0.25, -0.2) is 0 Å². The topological polar surface area (TPSA) is 27.7 Å². The molecule has 0 aromatic heterocycles. The highest BCUT2D eigenvalue weighted by molar-refractivity contribution is 5.69. The lowest BCUT2D eigenvalue weighted by atomic mass is 10.0. The van der Waals surface area contributed by atoms with E-state index >= 15 is 0 Å². The Morgan fingerprint density at radius 1 is 0.818 bits per heavy atom. The van der Waals surface area contributed by atoms with E-state index in [4.69, 9.17) is 14.2 Å². The summed E-state index contributed by atoms with van der Waals surface area (Å²) in [5.41, 5.74) is 3.46. The first-order valence-electron chi connectivity index (χ1n) is 7.61. The summed E-state index contributed by atoms with van der Waals surface area (Å²) in [4.78, 5) is 0. The largest absolute Gasteiger partial charge is 0.493 e. The Labute approximate surface area is 132 Å². The van der Waals surface area contributed by atoms with Gasteiger partial charge in [0.25, 0.3) is 0 Å². The Bertz CT molecular complexity index is 633. The van der Waals surface area contributed by atoms with Crippen molar-refractivity contribution in [1.29, 1.82) is 0 Å². The average molecular weight is 300 g/mol. The summed E-state index contributed by atoms with van der Waals surface area (Å²) >= 11 is 0. The highest BCUT2D eigenvalue weighted by atomic mass is 16.5. The van der Waals surface area contributed by atoms with Crippen LogP contribution in [0, 0.1) is 0 Å². The molecule has 2 aromatic rings. The van der Waals surface area contributed by atoms with Gasteiger partial charge in [0.1, 0.15) is 5.75 Å². The zero-order valence-corrected chi connectivity index (χ0v) is 14.0. The van der Waals surface area contributed by atoms with Crippen LogP contribution in [-0.4, -0.2) is 20.3 Å². The number of ether oxygens (including phenoxy) is 3. The number of methoxy groups -OCH3 is 2. The molecular formula is C19H24O3. The Balaban J connectivity index is 2.40. The van der Waals surface area contributed by atoms with E-state index in [2.05, 4.69) is 19.1 Å². The van der Waals surface area contributed by atoms with Gasteiger partial charge in [0.05, 0.1) is 20.3 Å². The second-order valence-corrected chi connectivity index (χ2v) is 5.41. The minimum Gasteiger partial charge on any atom is -0.493 e. The maximum absolute atomic E-state index is 5.86. The molecule has 2 rings (SSSR count). The Hall–Kier alpha value is -2.16. The van der Waals surface area contributed by atoms with Crippen molar-refractivity contribution in [3.63, 3.8) is 0 Å². The number of aryl methyl sites for hydroxylation is 1. The fourth-order valence-corrected chi connectivity index (χ4v) is 2.42. The highest BCUT2D eigenvalue weighted by Gasteiger charge is 2.09. The predicted octanol–water partition coefficient (Wildman–Crippen LogP) is 4.72. The number of hydrogen-bond donors (Lipinski definition) is 0. The smallest absolute Gasteiger partial charge is 0.161 e. The lowest BCUT2D eigenvalue weighted by molar-refractivity contribution is 0.240. The third kappa shape index (κ3) is 3.53. The lowest BCUT2D eigenvalue weighted by Crippen LogP contribution is -2.07. The lowest BCUT2D eigenvalue weighted by Gasteiger charge is -2.15. The molecule has 0 aliphatic heterocycles. The van der Waals surface area contributed by atoms with Crippen LogP contribution >= 0.6 is 0 Å². The van der Waals surface area contributed by atoms with Crippen molar-refractivity contribution in [3.8, 4) is 28.4 Å². The molecule has 0 heterocycles. The van der Waals surface area contributed by atoms with E-state index in [0.717, 1.165) is 34.8 Å². The number of benzene rings is 2. The van der Waals surface area contributed by atoms with Crippen molar-refractivity contribution in [3.05, 3.63) is 42.0 Å². The zero-order chi connectivity index (χ0) is 16.1. The molecule has 0 atom stereocenters. The molecule has 0 amide bonds. The average Bonchev–Trinajstić information content (AvgIpc) is 2.54. The van der Waals surface area contributed by atoms with Crippen molar-refractivity contribution in [2.45, 2.75) is 33.3 Å². The van der Waals surface area contributed by atoms with E-state index in [1.165, 1.54) is 5.56 Å². The predicted molar refractivity (Wildman–Crippen MR) is 90.1 cm³/mol. The van der Waals surface area contributed by atoms with Gasteiger partial charge in [0.15, 0.2) is 11.5 Å². The molecule has 0 bridgehead atoms. The third-order valence-corrected chi connectivity index (χ3v) is 3.52. The van der Waals surface area contributed by atoms with Crippen LogP contribution in [-0.2, 0) is 6.42 Å². The number of rotatable bonds is 6. The van der Waals surface area contributed by atoms with E-state index in [9.17, 15) is 0 Å². The van der Waals surface area contributed by atoms with Gasteiger partial charge in [0, 0.05) is 0 Å². The van der Waals surface area contributed by atoms with Gasteiger partial charge in [-0.2, -0.15) is 0 Å². The van der Waals surface area contributed by atoms with E-state index < -0.39 is 0 Å². The Morgan fingerprint density at radius 2 is 1.41 bits per heavy atom. The molecule has 0 aliphatic rings. The molecule has 0 fully saturated rings. The van der Waals surface area contributed by atoms with Crippen molar-refractivity contribution >= 4 is 0 Å². The van der Waals surface area contributed by atoms with Gasteiger partial charge in [-0.3, -0.25) is 0 Å². The molecule has 0 aliphatic carbocycles. The fraction of sp³-hybridized carbons (Fsp3) is 0.368. The third-order valence-electron chi connectivity index (χ3n) is 3.52. The van der Waals surface area contributed by atoms with Gasteiger partial charge in [-0.15, -0.1) is 0 Å². The van der Waals surface area contributed by atoms with E-state index in [0.29, 0.717) is 0 Å². The molecule has 0 saturated heterocycles. The van der Waals surface area contributed by atoms with Gasteiger partial charge in [0.2, 0.25) is 0 Å². The SMILES string of the molecule is CCc1cc(-c2ccc(OC)c(OC)c2)ccc1OC(C)C. The zero-order valence-electron chi connectivity index (χ0n) is 14.0. The molecule has 0 spiro atoms. The first kappa shape index (κ1) is 16.2. The standard InChI is InChI=1S/C19H24O3/c1-6-14-11-15(7-9-17(14)22-13(2)3)16-8-10-18(20-4)19(12-16)21-5/h7-13H,6H2,1-5H3. The fourth-order valence-electron chi connectivity index (χ4n) is 2.42. The second kappa shape index (κ2) is 7.21. The number of hydrogen-bond acceptors (Lipinski definition) is 3. The molecule has 0 unspecified atom stereocenters. The molecule has 0 saturated carbocycles. The van der Waals surface area contributed by atoms with Crippen LogP contribution in [0.15, 0.2) is 36.4 Å². The first-order valence-corrected chi connectivity index (χ1v) is 7.61. The monoisotopic (exact) mass is 300 g/mol. The van der Waals surface area contributed by atoms with Crippen molar-refractivity contribution < 1.29 is 14.2 Å². The Kier molecular flexibility index (Phi) is 5.31. The molecular weight excluding hydrogens is 276 g/mol. The Morgan fingerprint density at radius 3 is 1.95 bits per heavy atom. The maximum atomic E-state index is 5.86. The minimum atomic E-state index is 0.178. The van der Waals surface area contributed by atoms with E-state index in [1.807, 2.05) is 38.1 Å². The second-order valence-electron chi connectivity index (χ2n) is 5.41. The summed E-state index contributed by atoms with van der Waals surface area (Å²) in [6, 6.07) is 12.3. The molecule has 0 radical (unpaired) electrons. The molecule has 118 valence electrons. The van der Waals surface area contributed by atoms with Crippen LogP contribution in [0.2, 0.25) is 0 Å². The van der Waals surface area contributed by atoms with Crippen LogP contribution in [0.25, 0.3) is 11.1 Å². The molecule has 22 heavy (non-hydrogen) atoms. The van der Waals surface area contributed by atoms with Crippen LogP contribution in [0.1, 0.15) is 26.3 Å². The van der Waals surface area contributed by atoms with E-state index in [-0.39, 0.29) is 6.10 Å². The van der Waals surface area contributed by atoms with Crippen molar-refractivity contribution in [1.82, 2.24) is 0 Å². The summed E-state index contributed by atoms with van der Waals surface area (Å²) in [5, 5.41) is 0. The van der Waals surface area contributed by atoms with Crippen LogP contribution < -0.4 is 14.2 Å². The maximum Gasteiger partial charge on any atom is 0.161 e. The molecule has 3 nitrogen and oxygen atoms in total. The van der Waals surface area contributed by atoms with Crippen molar-refractivity contribution in [2.75, 3.05) is 14.2 Å². The van der Waals surface area contributed by atoms with Crippen LogP contribution in [0.5, 0.6) is 17.2 Å². The first-order chi connectivity index (χ1) is 10.6. The van der Waals surface area contributed by atoms with E-state index in [1.54, 1.807) is 14.2 Å². The van der Waals surface area contributed by atoms with Gasteiger partial charge >= 0.3 is 0 Å². The van der Waals surface area contributed by atoms with Gasteiger partial charge in [-0.05, 0) is 61.2 Å². The van der Waals surface area contributed by atoms with Gasteiger partial charge in [-0.1, -0.05) is 19.1 Å². The van der Waals surface area contributed by atoms with Gasteiger partial charge < -0.3 is 14.2 Å². The summed E-state index contributed by atoms with van der Waals surface area (Å²) < 4.78 is 16.5. The molecule has 3 heteroatoms. The molecule has 2 aromatic carbocycles. The van der Waals surface area contributed by atoms with Crippen molar-refractivity contribution in [2.24, 2.45) is 0 Å². The summed E-state index contributed by atoms with van der Waals surface area (Å²) in [6.45, 7) is 6.23. The summed E-state index contributed by atoms with van der Waals surface area (Å²) in [6.07, 6.45) is 1.11. The molecule has 0 N–H and O–H groups in total.